The van der Waals surface area contributed by atoms with Crippen molar-refractivity contribution in [3.63, 3.8) is 0 Å². The smallest absolute Gasteiger partial charge is 0.205 e. The topological polar surface area (TPSA) is 40.7 Å². The standard InChI is InChI=1S/C13H9ClFN3.ClH/c14-8-4-5-11-12(6-8)18-13(17-11)16-10-3-1-2-9(15)7-10;/h1-7H,(H2,16,17,18);1H. The molecule has 3 rings (SSSR count). The zero-order valence-corrected chi connectivity index (χ0v) is 11.2. The minimum absolute atomic E-state index is 0. The van der Waals surface area contributed by atoms with Crippen LogP contribution in [0.25, 0.3) is 11.0 Å². The first-order valence-corrected chi connectivity index (χ1v) is 5.76. The molecule has 0 saturated heterocycles. The van der Waals surface area contributed by atoms with Crippen molar-refractivity contribution in [3.8, 4) is 0 Å². The average molecular weight is 298 g/mol. The van der Waals surface area contributed by atoms with Crippen LogP contribution in [0.2, 0.25) is 5.02 Å². The minimum Gasteiger partial charge on any atom is -0.326 e. The summed E-state index contributed by atoms with van der Waals surface area (Å²) in [5.41, 5.74) is 2.28. The number of aromatic nitrogens is 2. The number of aromatic amines is 1. The van der Waals surface area contributed by atoms with E-state index in [-0.39, 0.29) is 18.2 Å². The van der Waals surface area contributed by atoms with Gasteiger partial charge in [0, 0.05) is 10.7 Å². The van der Waals surface area contributed by atoms with Gasteiger partial charge in [0.25, 0.3) is 0 Å². The maximum absolute atomic E-state index is 13.0. The molecule has 0 aliphatic heterocycles. The van der Waals surface area contributed by atoms with Crippen LogP contribution in [0.1, 0.15) is 0 Å². The van der Waals surface area contributed by atoms with E-state index in [9.17, 15) is 4.39 Å². The van der Waals surface area contributed by atoms with Gasteiger partial charge in [0.2, 0.25) is 5.95 Å². The van der Waals surface area contributed by atoms with Gasteiger partial charge in [0.15, 0.2) is 0 Å². The van der Waals surface area contributed by atoms with Gasteiger partial charge in [-0.3, -0.25) is 0 Å². The lowest BCUT2D eigenvalue weighted by Crippen LogP contribution is -1.92. The summed E-state index contributed by atoms with van der Waals surface area (Å²) in [6, 6.07) is 11.6. The van der Waals surface area contributed by atoms with Crippen molar-refractivity contribution in [2.24, 2.45) is 0 Å². The fourth-order valence-electron chi connectivity index (χ4n) is 1.74. The molecule has 0 spiro atoms. The number of H-pyrrole nitrogens is 1. The van der Waals surface area contributed by atoms with Crippen LogP contribution in [-0.2, 0) is 0 Å². The van der Waals surface area contributed by atoms with E-state index >= 15 is 0 Å². The molecule has 0 aliphatic carbocycles. The fraction of sp³-hybridized carbons (Fsp3) is 0. The monoisotopic (exact) mass is 297 g/mol. The van der Waals surface area contributed by atoms with Crippen LogP contribution in [0.5, 0.6) is 0 Å². The van der Waals surface area contributed by atoms with Crippen molar-refractivity contribution >= 4 is 46.7 Å². The number of nitrogens with one attached hydrogen (secondary N) is 2. The van der Waals surface area contributed by atoms with E-state index in [1.54, 1.807) is 24.3 Å². The Hall–Kier alpha value is -1.78. The van der Waals surface area contributed by atoms with Gasteiger partial charge < -0.3 is 10.3 Å². The predicted molar refractivity (Wildman–Crippen MR) is 78.0 cm³/mol. The highest BCUT2D eigenvalue weighted by molar-refractivity contribution is 6.31. The first-order chi connectivity index (χ1) is 8.70. The zero-order valence-electron chi connectivity index (χ0n) is 9.65. The van der Waals surface area contributed by atoms with Crippen LogP contribution in [0.4, 0.5) is 16.0 Å². The summed E-state index contributed by atoms with van der Waals surface area (Å²) in [5.74, 6) is 0.261. The molecule has 3 nitrogen and oxygen atoms in total. The lowest BCUT2D eigenvalue weighted by atomic mass is 10.3. The van der Waals surface area contributed by atoms with Gasteiger partial charge in [-0.05, 0) is 36.4 Å². The molecule has 6 heteroatoms. The highest BCUT2D eigenvalue weighted by Crippen LogP contribution is 2.21. The molecule has 0 atom stereocenters. The summed E-state index contributed by atoms with van der Waals surface area (Å²) >= 11 is 5.89. The van der Waals surface area contributed by atoms with Crippen LogP contribution < -0.4 is 5.32 Å². The van der Waals surface area contributed by atoms with E-state index in [1.165, 1.54) is 12.1 Å². The quantitative estimate of drug-likeness (QED) is 0.730. The number of fused-ring (bicyclic) bond motifs is 1. The second-order valence-electron chi connectivity index (χ2n) is 3.88. The number of rotatable bonds is 2. The first-order valence-electron chi connectivity index (χ1n) is 5.38. The van der Waals surface area contributed by atoms with Crippen molar-refractivity contribution in [1.82, 2.24) is 9.97 Å². The van der Waals surface area contributed by atoms with Crippen molar-refractivity contribution < 1.29 is 4.39 Å². The largest absolute Gasteiger partial charge is 0.326 e. The number of nitrogens with zero attached hydrogens (tertiary/aromatic N) is 1. The predicted octanol–water partition coefficient (Wildman–Crippen LogP) is 4.52. The third-order valence-corrected chi connectivity index (χ3v) is 2.77. The molecule has 0 saturated carbocycles. The molecule has 0 aliphatic rings. The highest BCUT2D eigenvalue weighted by Gasteiger charge is 2.03. The van der Waals surface area contributed by atoms with Crippen LogP contribution in [-0.4, -0.2) is 9.97 Å². The van der Waals surface area contributed by atoms with Gasteiger partial charge in [-0.1, -0.05) is 17.7 Å². The Labute approximate surface area is 120 Å². The summed E-state index contributed by atoms with van der Waals surface area (Å²) < 4.78 is 13.0. The molecule has 2 N–H and O–H groups in total. The van der Waals surface area contributed by atoms with E-state index in [4.69, 9.17) is 11.6 Å². The maximum atomic E-state index is 13.0. The molecule has 0 amide bonds. The number of hydrogen-bond acceptors (Lipinski definition) is 2. The zero-order chi connectivity index (χ0) is 12.5. The molecule has 98 valence electrons. The molecule has 0 fully saturated rings. The van der Waals surface area contributed by atoms with E-state index in [1.807, 2.05) is 6.07 Å². The van der Waals surface area contributed by atoms with Crippen LogP contribution >= 0.6 is 24.0 Å². The Balaban J connectivity index is 0.00000133. The number of anilines is 2. The number of imidazole rings is 1. The number of benzene rings is 2. The van der Waals surface area contributed by atoms with Gasteiger partial charge in [-0.2, -0.15) is 0 Å². The van der Waals surface area contributed by atoms with Gasteiger partial charge in [-0.25, -0.2) is 9.37 Å². The first kappa shape index (κ1) is 13.6. The summed E-state index contributed by atoms with van der Waals surface area (Å²) in [6.07, 6.45) is 0. The molecule has 2 aromatic carbocycles. The Morgan fingerprint density at radius 2 is 2.00 bits per heavy atom. The maximum Gasteiger partial charge on any atom is 0.205 e. The molecule has 0 radical (unpaired) electrons. The highest BCUT2D eigenvalue weighted by atomic mass is 35.5. The molecule has 0 unspecified atom stereocenters. The molecule has 3 aromatic rings. The fourth-order valence-corrected chi connectivity index (χ4v) is 1.92. The Kier molecular flexibility index (Phi) is 3.93. The van der Waals surface area contributed by atoms with Gasteiger partial charge in [0.1, 0.15) is 5.82 Å². The molecule has 1 heterocycles. The van der Waals surface area contributed by atoms with Gasteiger partial charge >= 0.3 is 0 Å². The van der Waals surface area contributed by atoms with E-state index in [0.717, 1.165) is 11.0 Å². The third-order valence-electron chi connectivity index (χ3n) is 2.53. The van der Waals surface area contributed by atoms with Crippen molar-refractivity contribution in [2.75, 3.05) is 5.32 Å². The van der Waals surface area contributed by atoms with E-state index in [0.29, 0.717) is 16.7 Å². The van der Waals surface area contributed by atoms with Crippen molar-refractivity contribution in [3.05, 3.63) is 53.3 Å². The molecule has 0 bridgehead atoms. The van der Waals surface area contributed by atoms with Crippen LogP contribution in [0.15, 0.2) is 42.5 Å². The Bertz CT molecular complexity index is 712. The summed E-state index contributed by atoms with van der Waals surface area (Å²) in [5, 5.41) is 3.65. The number of hydrogen-bond donors (Lipinski definition) is 2. The number of halogens is 3. The van der Waals surface area contributed by atoms with Gasteiger partial charge in [-0.15, -0.1) is 12.4 Å². The molecule has 19 heavy (non-hydrogen) atoms. The minimum atomic E-state index is -0.292. The van der Waals surface area contributed by atoms with Crippen LogP contribution in [0, 0.1) is 5.82 Å². The summed E-state index contributed by atoms with van der Waals surface area (Å²) in [6.45, 7) is 0. The summed E-state index contributed by atoms with van der Waals surface area (Å²) in [4.78, 5) is 7.41. The third kappa shape index (κ3) is 2.97. The summed E-state index contributed by atoms with van der Waals surface area (Å²) in [7, 11) is 0. The second-order valence-corrected chi connectivity index (χ2v) is 4.32. The van der Waals surface area contributed by atoms with Crippen LogP contribution in [0.3, 0.4) is 0 Å². The molecular formula is C13H10Cl2FN3. The van der Waals surface area contributed by atoms with Crippen molar-refractivity contribution in [1.29, 1.82) is 0 Å². The Morgan fingerprint density at radius 3 is 2.79 bits per heavy atom. The van der Waals surface area contributed by atoms with E-state index < -0.39 is 0 Å². The lowest BCUT2D eigenvalue weighted by molar-refractivity contribution is 0.628. The van der Waals surface area contributed by atoms with Gasteiger partial charge in [0.05, 0.1) is 11.0 Å². The second kappa shape index (κ2) is 5.47. The van der Waals surface area contributed by atoms with E-state index in [2.05, 4.69) is 15.3 Å². The average Bonchev–Trinajstić information content (AvgIpc) is 2.70. The van der Waals surface area contributed by atoms with Crippen molar-refractivity contribution in [2.45, 2.75) is 0 Å². The SMILES string of the molecule is Cl.Fc1cccc(Nc2nc3ccc(Cl)cc3[nH]2)c1. The Morgan fingerprint density at radius 1 is 1.16 bits per heavy atom. The normalized spacial score (nSPS) is 10.2. The molecular weight excluding hydrogens is 288 g/mol. The lowest BCUT2D eigenvalue weighted by Gasteiger charge is -2.01. The molecule has 1 aromatic heterocycles.